The normalized spacial score (nSPS) is 13.3. The smallest absolute Gasteiger partial charge is 0.423 e. The Hall–Kier alpha value is -6.88. The summed E-state index contributed by atoms with van der Waals surface area (Å²) in [6.07, 6.45) is -10.0. The SMILES string of the molecule is CC(=O)Nc1ccc(OC[C@](C)(O)C(=O)Nc2ccc([N+](=O)[O-])c(C(F)(F)F)c2)cc1.C[C@](O)(COc1ccc(F)cc1)C(=O)Nc1ccc([N+](=O)[O-])c(C(F)(F)F)c1. The Bertz CT molecular complexity index is 2180. The van der Waals surface area contributed by atoms with Crippen LogP contribution in [0.15, 0.2) is 84.9 Å². The fraction of sp³-hybridized carbons (Fsp3) is 0.250. The van der Waals surface area contributed by atoms with E-state index >= 15 is 0 Å². The number of ether oxygens (including phenoxy) is 2. The number of nitrogens with zero attached hydrogens (tertiary/aromatic N) is 2. The van der Waals surface area contributed by atoms with Gasteiger partial charge in [-0.1, -0.05) is 0 Å². The van der Waals surface area contributed by atoms with E-state index in [-0.39, 0.29) is 23.1 Å². The molecule has 4 rings (SSSR count). The Morgan fingerprint density at radius 2 is 0.949 bits per heavy atom. The number of hydrogen-bond donors (Lipinski definition) is 5. The average molecular weight is 844 g/mol. The van der Waals surface area contributed by atoms with Gasteiger partial charge in [0.2, 0.25) is 5.91 Å². The van der Waals surface area contributed by atoms with Gasteiger partial charge in [-0.2, -0.15) is 26.3 Å². The number of rotatable bonds is 13. The minimum Gasteiger partial charge on any atom is -0.490 e. The third kappa shape index (κ3) is 13.6. The molecule has 16 nitrogen and oxygen atoms in total. The molecule has 0 aliphatic rings. The summed E-state index contributed by atoms with van der Waals surface area (Å²) in [6.45, 7) is 2.36. The number of alkyl halides is 6. The number of halogens is 7. The molecule has 2 atom stereocenters. The van der Waals surface area contributed by atoms with E-state index in [4.69, 9.17) is 9.47 Å². The number of carbonyl (C=O) groups is 3. The van der Waals surface area contributed by atoms with Crippen molar-refractivity contribution in [1.82, 2.24) is 0 Å². The number of hydrogen-bond acceptors (Lipinski definition) is 11. The van der Waals surface area contributed by atoms with Crippen LogP contribution in [0.4, 0.5) is 59.2 Å². The first-order chi connectivity index (χ1) is 27.2. The maximum absolute atomic E-state index is 13.1. The summed E-state index contributed by atoms with van der Waals surface area (Å²) in [5, 5.41) is 48.7. The van der Waals surface area contributed by atoms with Crippen LogP contribution in [0.25, 0.3) is 0 Å². The van der Waals surface area contributed by atoms with Crippen molar-refractivity contribution in [1.29, 1.82) is 0 Å². The molecular formula is C36H32F7N5O11. The number of nitro groups is 2. The summed E-state index contributed by atoms with van der Waals surface area (Å²) in [5.74, 6) is -2.55. The molecule has 0 saturated carbocycles. The lowest BCUT2D eigenvalue weighted by atomic mass is 10.1. The maximum Gasteiger partial charge on any atom is 0.423 e. The zero-order chi connectivity index (χ0) is 44.5. The van der Waals surface area contributed by atoms with E-state index in [1.165, 1.54) is 43.3 Å². The average Bonchev–Trinajstić information content (AvgIpc) is 3.13. The molecule has 23 heteroatoms. The monoisotopic (exact) mass is 843 g/mol. The predicted octanol–water partition coefficient (Wildman–Crippen LogP) is 6.86. The number of amides is 3. The highest BCUT2D eigenvalue weighted by Gasteiger charge is 2.40. The minimum atomic E-state index is -5.02. The zero-order valence-electron chi connectivity index (χ0n) is 30.6. The molecule has 0 heterocycles. The summed E-state index contributed by atoms with van der Waals surface area (Å²) < 4.78 is 101. The second kappa shape index (κ2) is 18.6. The van der Waals surface area contributed by atoms with Gasteiger partial charge >= 0.3 is 12.4 Å². The van der Waals surface area contributed by atoms with Gasteiger partial charge in [0.05, 0.1) is 9.85 Å². The van der Waals surface area contributed by atoms with Crippen molar-refractivity contribution in [3.63, 3.8) is 0 Å². The summed E-state index contributed by atoms with van der Waals surface area (Å²) in [7, 11) is 0. The molecule has 0 aliphatic heterocycles. The summed E-state index contributed by atoms with van der Waals surface area (Å²) >= 11 is 0. The topological polar surface area (TPSA) is 232 Å². The molecule has 0 unspecified atom stereocenters. The van der Waals surface area contributed by atoms with Crippen molar-refractivity contribution < 1.29 is 74.6 Å². The van der Waals surface area contributed by atoms with Gasteiger partial charge in [-0.3, -0.25) is 34.6 Å². The van der Waals surface area contributed by atoms with Crippen molar-refractivity contribution in [2.24, 2.45) is 0 Å². The van der Waals surface area contributed by atoms with Crippen molar-refractivity contribution >= 4 is 46.2 Å². The molecule has 0 bridgehead atoms. The molecule has 4 aromatic rings. The lowest BCUT2D eigenvalue weighted by molar-refractivity contribution is -0.388. The van der Waals surface area contributed by atoms with Crippen LogP contribution in [0.2, 0.25) is 0 Å². The van der Waals surface area contributed by atoms with Gasteiger partial charge in [-0.15, -0.1) is 0 Å². The molecule has 5 N–H and O–H groups in total. The van der Waals surface area contributed by atoms with Gasteiger partial charge in [-0.05, 0) is 86.6 Å². The van der Waals surface area contributed by atoms with E-state index in [2.05, 4.69) is 16.0 Å². The van der Waals surface area contributed by atoms with Crippen LogP contribution >= 0.6 is 0 Å². The van der Waals surface area contributed by atoms with Crippen LogP contribution < -0.4 is 25.4 Å². The summed E-state index contributed by atoms with van der Waals surface area (Å²) in [5.41, 5.74) is -10.00. The van der Waals surface area contributed by atoms with Crippen LogP contribution in [-0.4, -0.2) is 62.2 Å². The molecule has 0 radical (unpaired) electrons. The first-order valence-electron chi connectivity index (χ1n) is 16.4. The number of aliphatic hydroxyl groups is 2. The van der Waals surface area contributed by atoms with E-state index in [1.807, 2.05) is 0 Å². The van der Waals surface area contributed by atoms with Gasteiger partial charge in [0.1, 0.15) is 41.7 Å². The van der Waals surface area contributed by atoms with Gasteiger partial charge in [0, 0.05) is 36.1 Å². The molecule has 4 aromatic carbocycles. The fourth-order valence-corrected chi connectivity index (χ4v) is 4.48. The standard InChI is InChI=1S/C19H18F3N3O6.C17H14F4N2O5/c1-11(26)23-12-3-6-14(7-4-12)31-10-18(2,28)17(27)24-13-5-8-16(25(29)30)15(9-13)19(20,21)22;1-16(25,9-28-12-5-2-10(18)3-6-12)15(24)22-11-4-7-14(23(26)27)13(8-11)17(19,20)21/h3-9,28H,10H2,1-2H3,(H,23,26)(H,24,27);2-8,25H,9H2,1H3,(H,22,24)/t18-;16-/m00/s1. The lowest BCUT2D eigenvalue weighted by Gasteiger charge is -2.23. The Kier molecular flexibility index (Phi) is 14.6. The Labute approximate surface area is 327 Å². The van der Waals surface area contributed by atoms with Gasteiger partial charge in [0.25, 0.3) is 23.2 Å². The van der Waals surface area contributed by atoms with E-state index in [9.17, 15) is 75.6 Å². The molecule has 3 amide bonds. The summed E-state index contributed by atoms with van der Waals surface area (Å²) in [6, 6.07) is 14.6. The third-order valence-corrected chi connectivity index (χ3v) is 7.52. The van der Waals surface area contributed by atoms with Crippen molar-refractivity contribution in [3.05, 3.63) is 122 Å². The second-order valence-corrected chi connectivity index (χ2v) is 12.7. The minimum absolute atomic E-state index is 0.157. The second-order valence-electron chi connectivity index (χ2n) is 12.7. The predicted molar refractivity (Wildman–Crippen MR) is 193 cm³/mol. The number of carbonyl (C=O) groups excluding carboxylic acids is 3. The number of benzene rings is 4. The van der Waals surface area contributed by atoms with Gasteiger partial charge in [-0.25, -0.2) is 4.39 Å². The molecule has 59 heavy (non-hydrogen) atoms. The number of nitro benzene ring substituents is 2. The highest BCUT2D eigenvalue weighted by molar-refractivity contribution is 5.98. The third-order valence-electron chi connectivity index (χ3n) is 7.52. The molecule has 0 aromatic heterocycles. The Morgan fingerprint density at radius 1 is 0.610 bits per heavy atom. The van der Waals surface area contributed by atoms with Crippen molar-refractivity contribution in [2.75, 3.05) is 29.2 Å². The fourth-order valence-electron chi connectivity index (χ4n) is 4.48. The number of nitrogens with one attached hydrogen (secondary N) is 3. The van der Waals surface area contributed by atoms with E-state index in [0.29, 0.717) is 30.0 Å². The maximum atomic E-state index is 13.1. The van der Waals surface area contributed by atoms with Crippen LogP contribution in [0, 0.1) is 26.0 Å². The first-order valence-corrected chi connectivity index (χ1v) is 16.4. The van der Waals surface area contributed by atoms with E-state index < -0.39 is 92.4 Å². The molecule has 0 fully saturated rings. The Morgan fingerprint density at radius 3 is 1.27 bits per heavy atom. The van der Waals surface area contributed by atoms with Crippen molar-refractivity contribution in [2.45, 2.75) is 44.3 Å². The molecule has 0 spiro atoms. The Balaban J connectivity index is 0.000000317. The van der Waals surface area contributed by atoms with E-state index in [1.54, 1.807) is 0 Å². The number of anilines is 3. The quantitative estimate of drug-likeness (QED) is 0.0530. The molecule has 316 valence electrons. The lowest BCUT2D eigenvalue weighted by Crippen LogP contribution is -2.45. The van der Waals surface area contributed by atoms with Gasteiger partial charge < -0.3 is 35.6 Å². The molecule has 0 aliphatic carbocycles. The molecular weight excluding hydrogens is 811 g/mol. The largest absolute Gasteiger partial charge is 0.490 e. The van der Waals surface area contributed by atoms with Gasteiger partial charge in [0.15, 0.2) is 11.2 Å². The highest BCUT2D eigenvalue weighted by Crippen LogP contribution is 2.39. The van der Waals surface area contributed by atoms with Crippen LogP contribution in [0.3, 0.4) is 0 Å². The first kappa shape index (κ1) is 46.5. The van der Waals surface area contributed by atoms with Crippen molar-refractivity contribution in [3.8, 4) is 11.5 Å². The van der Waals surface area contributed by atoms with E-state index in [0.717, 1.165) is 38.1 Å². The van der Waals surface area contributed by atoms with Crippen LogP contribution in [0.1, 0.15) is 31.9 Å². The highest BCUT2D eigenvalue weighted by atomic mass is 19.4. The van der Waals surface area contributed by atoms with Crippen LogP contribution in [0.5, 0.6) is 11.5 Å². The molecule has 0 saturated heterocycles. The van der Waals surface area contributed by atoms with Crippen LogP contribution in [-0.2, 0) is 26.7 Å². The zero-order valence-corrected chi connectivity index (χ0v) is 30.6. The summed E-state index contributed by atoms with van der Waals surface area (Å²) in [4.78, 5) is 54.6.